The third kappa shape index (κ3) is 9.08. The van der Waals surface area contributed by atoms with Gasteiger partial charge in [0, 0.05) is 38.1 Å². The smallest absolute Gasteiger partial charge is 0.327 e. The molecule has 14 nitrogen and oxygen atoms in total. The number of hydroxylamine groups is 2. The second-order valence-corrected chi connectivity index (χ2v) is 19.8. The second-order valence-electron chi connectivity index (χ2n) is 19.8. The van der Waals surface area contributed by atoms with Gasteiger partial charge < -0.3 is 39.4 Å². The first-order chi connectivity index (χ1) is 31.2. The van der Waals surface area contributed by atoms with Crippen LogP contribution in [0.5, 0.6) is 5.75 Å². The normalized spacial score (nSPS) is 27.7. The van der Waals surface area contributed by atoms with Crippen molar-refractivity contribution in [2.24, 2.45) is 17.3 Å². The molecular formula is C51H61N3O11. The molecule has 3 aliphatic carbocycles. The van der Waals surface area contributed by atoms with Gasteiger partial charge in [-0.25, -0.2) is 0 Å². The molecular weight excluding hydrogens is 831 g/mol. The minimum atomic E-state index is -1.53. The van der Waals surface area contributed by atoms with Crippen LogP contribution >= 0.6 is 0 Å². The van der Waals surface area contributed by atoms with Gasteiger partial charge in [-0.2, -0.15) is 5.06 Å². The van der Waals surface area contributed by atoms with E-state index in [0.29, 0.717) is 6.42 Å². The number of nitrogens with one attached hydrogen (secondary N) is 1. The van der Waals surface area contributed by atoms with Gasteiger partial charge in [0.15, 0.2) is 11.8 Å². The molecule has 9 rings (SSSR count). The third-order valence-electron chi connectivity index (χ3n) is 13.9. The number of amides is 2. The molecule has 0 radical (unpaired) electrons. The molecule has 3 saturated heterocycles. The van der Waals surface area contributed by atoms with E-state index in [0.717, 1.165) is 47.9 Å². The summed E-state index contributed by atoms with van der Waals surface area (Å²) in [5.41, 5.74) is 1.11. The fraction of sp³-hybridized carbons (Fsp3) is 0.529. The fourth-order valence-electron chi connectivity index (χ4n) is 10.5. The monoisotopic (exact) mass is 891 g/mol. The molecule has 3 heterocycles. The molecule has 0 spiro atoms. The van der Waals surface area contributed by atoms with Crippen molar-refractivity contribution >= 4 is 29.8 Å². The number of para-hydroxylation sites is 1. The zero-order chi connectivity index (χ0) is 45.7. The van der Waals surface area contributed by atoms with Crippen molar-refractivity contribution in [3.63, 3.8) is 0 Å². The number of likely N-dealkylation sites (N-methyl/N-ethyl adjacent to an activating group) is 1. The molecule has 6 fully saturated rings. The van der Waals surface area contributed by atoms with Crippen LogP contribution in [0, 0.1) is 17.3 Å². The van der Waals surface area contributed by atoms with Gasteiger partial charge in [-0.3, -0.25) is 24.0 Å². The van der Waals surface area contributed by atoms with Gasteiger partial charge in [0.05, 0.1) is 19.2 Å². The highest BCUT2D eigenvalue weighted by atomic mass is 16.8. The molecule has 6 aliphatic rings. The van der Waals surface area contributed by atoms with Crippen LogP contribution in [-0.2, 0) is 62.3 Å². The Hall–Kier alpha value is -5.12. The molecule has 3 N–H and O–H groups in total. The highest BCUT2D eigenvalue weighted by Crippen LogP contribution is 2.64. The summed E-state index contributed by atoms with van der Waals surface area (Å²) in [5.74, 6) is -2.24. The van der Waals surface area contributed by atoms with Gasteiger partial charge in [0.1, 0.15) is 47.2 Å². The van der Waals surface area contributed by atoms with E-state index in [2.05, 4.69) is 5.32 Å². The van der Waals surface area contributed by atoms with Crippen LogP contribution in [0.25, 0.3) is 6.08 Å². The first kappa shape index (κ1) is 45.1. The van der Waals surface area contributed by atoms with Crippen LogP contribution in [-0.4, -0.2) is 112 Å². The van der Waals surface area contributed by atoms with E-state index in [1.807, 2.05) is 78.9 Å². The van der Waals surface area contributed by atoms with Crippen LogP contribution < -0.4 is 5.32 Å². The summed E-state index contributed by atoms with van der Waals surface area (Å²) in [4.78, 5) is 66.0. The Morgan fingerprint density at radius 3 is 2.34 bits per heavy atom. The molecule has 8 unspecified atom stereocenters. The minimum absolute atomic E-state index is 0.0324. The molecule has 2 amide bonds. The average Bonchev–Trinajstić information content (AvgIpc) is 4.23. The van der Waals surface area contributed by atoms with Crippen LogP contribution in [0.2, 0.25) is 0 Å². The quantitative estimate of drug-likeness (QED) is 0.147. The van der Waals surface area contributed by atoms with E-state index >= 15 is 4.79 Å². The number of hydrogen-bond donors (Lipinski definition) is 3. The number of aromatic hydroxyl groups is 1. The maximum absolute atomic E-state index is 15.8. The van der Waals surface area contributed by atoms with E-state index in [9.17, 15) is 24.6 Å². The van der Waals surface area contributed by atoms with Crippen molar-refractivity contribution in [1.82, 2.24) is 15.3 Å². The molecule has 0 aromatic heterocycles. The first-order valence-corrected chi connectivity index (χ1v) is 23.1. The number of benzene rings is 3. The number of hydrogen-bond acceptors (Lipinski definition) is 12. The third-order valence-corrected chi connectivity index (χ3v) is 13.9. The first-order valence-electron chi connectivity index (χ1n) is 23.1. The minimum Gasteiger partial charge on any atom is -0.508 e. The van der Waals surface area contributed by atoms with Crippen molar-refractivity contribution in [2.45, 2.75) is 139 Å². The van der Waals surface area contributed by atoms with E-state index in [-0.39, 0.29) is 49.8 Å². The van der Waals surface area contributed by atoms with Gasteiger partial charge in [0.25, 0.3) is 0 Å². The lowest BCUT2D eigenvalue weighted by Crippen LogP contribution is -2.70. The predicted octanol–water partition coefficient (Wildman–Crippen LogP) is 5.42. The molecule has 346 valence electrons. The number of esters is 2. The van der Waals surface area contributed by atoms with E-state index in [4.69, 9.17) is 23.8 Å². The summed E-state index contributed by atoms with van der Waals surface area (Å²) in [6, 6.07) is 21.3. The SMILES string of the molecule is CN(C(=O)C12CC3OC(=O)C1N(Cc1cccc(C=CCc4ccccc4O)c1)OC2C1OC(C2CC2)(C2CC2)OC31)C(Cc1ccccc1)C(=O)NC(CO)CCC(=O)OC(C)(C)C. The van der Waals surface area contributed by atoms with Gasteiger partial charge in [-0.1, -0.05) is 84.9 Å². The predicted molar refractivity (Wildman–Crippen MR) is 237 cm³/mol. The molecule has 8 atom stereocenters. The molecule has 3 aliphatic heterocycles. The summed E-state index contributed by atoms with van der Waals surface area (Å²) in [5, 5.41) is 25.1. The highest BCUT2D eigenvalue weighted by molar-refractivity contribution is 5.96. The Morgan fingerprint density at radius 1 is 0.954 bits per heavy atom. The number of nitrogens with zero attached hydrogens (tertiary/aromatic N) is 2. The Morgan fingerprint density at radius 2 is 1.65 bits per heavy atom. The number of aliphatic hydroxyl groups is 1. The summed E-state index contributed by atoms with van der Waals surface area (Å²) in [6.45, 7) is 5.02. The number of fused-ring (bicyclic) bond motifs is 4. The summed E-state index contributed by atoms with van der Waals surface area (Å²) < 4.78 is 25.8. The molecule has 3 aromatic carbocycles. The van der Waals surface area contributed by atoms with Crippen molar-refractivity contribution in [3.8, 4) is 5.75 Å². The lowest BCUT2D eigenvalue weighted by atomic mass is 9.62. The Balaban J connectivity index is 1.03. The molecule has 65 heavy (non-hydrogen) atoms. The number of aliphatic hydroxyl groups excluding tert-OH is 1. The van der Waals surface area contributed by atoms with Crippen LogP contribution in [0.3, 0.4) is 0 Å². The Kier molecular flexibility index (Phi) is 12.4. The lowest BCUT2D eigenvalue weighted by molar-refractivity contribution is -0.235. The lowest BCUT2D eigenvalue weighted by Gasteiger charge is -2.50. The van der Waals surface area contributed by atoms with E-state index in [1.165, 1.54) is 4.90 Å². The number of phenols is 1. The van der Waals surface area contributed by atoms with Crippen molar-refractivity contribution in [1.29, 1.82) is 0 Å². The highest BCUT2D eigenvalue weighted by Gasteiger charge is 2.78. The molecule has 3 aromatic rings. The van der Waals surface area contributed by atoms with Gasteiger partial charge >= 0.3 is 11.9 Å². The number of carbonyl (C=O) groups is 4. The second kappa shape index (κ2) is 17.9. The average molecular weight is 892 g/mol. The number of rotatable bonds is 17. The number of allylic oxidation sites excluding steroid dienone is 1. The van der Waals surface area contributed by atoms with E-state index < -0.39 is 89.7 Å². The fourth-order valence-corrected chi connectivity index (χ4v) is 10.5. The van der Waals surface area contributed by atoms with Gasteiger partial charge in [-0.15, -0.1) is 0 Å². The molecule has 14 heteroatoms. The maximum Gasteiger partial charge on any atom is 0.327 e. The summed E-state index contributed by atoms with van der Waals surface area (Å²) >= 11 is 0. The zero-order valence-electron chi connectivity index (χ0n) is 37.6. The molecule has 2 bridgehead atoms. The van der Waals surface area contributed by atoms with Gasteiger partial charge in [0.2, 0.25) is 11.8 Å². The van der Waals surface area contributed by atoms with Crippen LogP contribution in [0.15, 0.2) is 84.9 Å². The topological polar surface area (TPSA) is 173 Å². The van der Waals surface area contributed by atoms with Crippen LogP contribution in [0.4, 0.5) is 0 Å². The van der Waals surface area contributed by atoms with Crippen molar-refractivity contribution in [2.75, 3.05) is 13.7 Å². The van der Waals surface area contributed by atoms with Crippen LogP contribution in [0.1, 0.15) is 88.0 Å². The Labute approximate surface area is 380 Å². The summed E-state index contributed by atoms with van der Waals surface area (Å²) in [7, 11) is 1.58. The largest absolute Gasteiger partial charge is 0.508 e. The van der Waals surface area contributed by atoms with Gasteiger partial charge in [-0.05, 0) is 87.6 Å². The standard InChI is InChI=1S/C51H61N3O11/c1-49(2,3)62-41(57)25-24-37(30-55)52-46(58)38(27-32-12-6-5-7-13-32)53(4)48(60)50-28-40-42-43(64-51(63-42,35-20-21-35)36-22-23-36)45(50)65-54(44(50)47(59)61-40)29-33-16-10-14-31(26-33)15-11-18-34-17-8-9-19-39(34)56/h5-17,19,26,35-38,40,42-45,55-56H,18,20-25,27-30H2,1-4H3,(H,52,58). The Bertz CT molecular complexity index is 2280. The number of carbonyl (C=O) groups excluding carboxylic acids is 4. The number of ether oxygens (including phenoxy) is 4. The number of phenolic OH excluding ortho intramolecular Hbond substituents is 1. The van der Waals surface area contributed by atoms with E-state index in [1.54, 1.807) is 45.0 Å². The molecule has 3 saturated carbocycles. The maximum atomic E-state index is 15.8. The van der Waals surface area contributed by atoms with Crippen molar-refractivity contribution < 1.29 is 53.2 Å². The zero-order valence-corrected chi connectivity index (χ0v) is 37.6. The van der Waals surface area contributed by atoms with Crippen molar-refractivity contribution in [3.05, 3.63) is 107 Å². The summed E-state index contributed by atoms with van der Waals surface area (Å²) in [6.07, 6.45) is 5.56.